The first-order chi connectivity index (χ1) is 13.1. The van der Waals surface area contributed by atoms with Crippen LogP contribution in [-0.4, -0.2) is 30.6 Å². The average Bonchev–Trinajstić information content (AvgIpc) is 3.28. The lowest BCUT2D eigenvalue weighted by atomic mass is 10.1. The number of benzene rings is 1. The van der Waals surface area contributed by atoms with Gasteiger partial charge in [0.1, 0.15) is 0 Å². The number of anilines is 1. The van der Waals surface area contributed by atoms with E-state index in [2.05, 4.69) is 34.2 Å². The molecule has 0 radical (unpaired) electrons. The first kappa shape index (κ1) is 16.0. The first-order valence-corrected chi connectivity index (χ1v) is 9.24. The highest BCUT2D eigenvalue weighted by Gasteiger charge is 2.28. The molecule has 5 rings (SSSR count). The zero-order chi connectivity index (χ0) is 18.5. The predicted molar refractivity (Wildman–Crippen MR) is 104 cm³/mol. The van der Waals surface area contributed by atoms with Crippen molar-refractivity contribution < 1.29 is 4.79 Å². The van der Waals surface area contributed by atoms with Crippen molar-refractivity contribution in [3.8, 4) is 0 Å². The normalized spacial score (nSPS) is 14.3. The molecule has 3 aromatic heterocycles. The number of aromatic nitrogens is 5. The molecule has 7 nitrogen and oxygen atoms in total. The molecule has 0 unspecified atom stereocenters. The van der Waals surface area contributed by atoms with Crippen LogP contribution in [0.2, 0.25) is 0 Å². The van der Waals surface area contributed by atoms with Gasteiger partial charge in [0.2, 0.25) is 5.95 Å². The maximum atomic E-state index is 13.0. The van der Waals surface area contributed by atoms with Crippen LogP contribution in [0.25, 0.3) is 22.1 Å². The third kappa shape index (κ3) is 2.75. The van der Waals surface area contributed by atoms with Gasteiger partial charge in [0.15, 0.2) is 5.65 Å². The zero-order valence-electron chi connectivity index (χ0n) is 15.2. The van der Waals surface area contributed by atoms with Crippen LogP contribution >= 0.6 is 0 Å². The summed E-state index contributed by atoms with van der Waals surface area (Å²) in [5.41, 5.74) is 4.04. The molecule has 1 aliphatic carbocycles. The number of para-hydroxylation sites is 2. The number of aromatic amines is 1. The molecule has 4 aromatic rings. The van der Waals surface area contributed by atoms with Crippen molar-refractivity contribution >= 4 is 33.9 Å². The summed E-state index contributed by atoms with van der Waals surface area (Å²) in [6.45, 7) is 4.12. The predicted octanol–water partition coefficient (Wildman–Crippen LogP) is 4.02. The lowest BCUT2D eigenvalue weighted by molar-refractivity contribution is 0.102. The molecule has 1 saturated carbocycles. The Bertz CT molecular complexity index is 1130. The number of rotatable bonds is 4. The summed E-state index contributed by atoms with van der Waals surface area (Å²) >= 11 is 0. The van der Waals surface area contributed by atoms with E-state index in [1.807, 2.05) is 35.0 Å². The summed E-state index contributed by atoms with van der Waals surface area (Å²) in [6.07, 6.45) is 3.98. The van der Waals surface area contributed by atoms with Crippen molar-refractivity contribution in [2.45, 2.75) is 38.6 Å². The van der Waals surface area contributed by atoms with Gasteiger partial charge in [-0.25, -0.2) is 14.6 Å². The van der Waals surface area contributed by atoms with E-state index < -0.39 is 0 Å². The number of H-pyrrole nitrogens is 1. The Kier molecular flexibility index (Phi) is 3.50. The van der Waals surface area contributed by atoms with Crippen LogP contribution in [0, 0.1) is 0 Å². The molecule has 1 aliphatic rings. The number of hydrogen-bond acceptors (Lipinski definition) is 4. The van der Waals surface area contributed by atoms with Crippen LogP contribution in [0.5, 0.6) is 0 Å². The van der Waals surface area contributed by atoms with Crippen molar-refractivity contribution in [1.82, 2.24) is 24.7 Å². The van der Waals surface area contributed by atoms with Gasteiger partial charge < -0.3 is 4.98 Å². The zero-order valence-corrected chi connectivity index (χ0v) is 15.2. The molecular weight excluding hydrogens is 340 g/mol. The number of amides is 1. The Hall–Kier alpha value is -3.22. The fraction of sp³-hybridized carbons (Fsp3) is 0.300. The van der Waals surface area contributed by atoms with E-state index in [4.69, 9.17) is 4.98 Å². The number of nitrogens with zero attached hydrogens (tertiary/aromatic N) is 4. The molecule has 0 bridgehead atoms. The molecule has 136 valence electrons. The van der Waals surface area contributed by atoms with Gasteiger partial charge in [-0.3, -0.25) is 10.1 Å². The Morgan fingerprint density at radius 3 is 2.81 bits per heavy atom. The highest BCUT2D eigenvalue weighted by atomic mass is 16.1. The molecule has 0 aliphatic heterocycles. The van der Waals surface area contributed by atoms with E-state index in [-0.39, 0.29) is 11.9 Å². The van der Waals surface area contributed by atoms with Crippen molar-refractivity contribution in [3.05, 3.63) is 47.8 Å². The van der Waals surface area contributed by atoms with Gasteiger partial charge in [-0.05, 0) is 44.9 Å². The number of carbonyl (C=O) groups excluding carboxylic acids is 1. The van der Waals surface area contributed by atoms with E-state index >= 15 is 0 Å². The summed E-state index contributed by atoms with van der Waals surface area (Å²) in [5, 5.41) is 8.11. The molecule has 3 heterocycles. The molecule has 0 saturated heterocycles. The third-order valence-corrected chi connectivity index (χ3v) is 4.94. The molecule has 1 aromatic carbocycles. The quantitative estimate of drug-likeness (QED) is 0.575. The summed E-state index contributed by atoms with van der Waals surface area (Å²) in [4.78, 5) is 25.4. The van der Waals surface area contributed by atoms with Crippen LogP contribution in [0.4, 0.5) is 5.95 Å². The summed E-state index contributed by atoms with van der Waals surface area (Å²) in [5.74, 6) is 0.685. The Morgan fingerprint density at radius 2 is 2.07 bits per heavy atom. The first-order valence-electron chi connectivity index (χ1n) is 9.24. The van der Waals surface area contributed by atoms with Gasteiger partial charge in [-0.1, -0.05) is 12.1 Å². The average molecular weight is 360 g/mol. The number of hydrogen-bond donors (Lipinski definition) is 2. The molecule has 27 heavy (non-hydrogen) atoms. The number of pyridine rings is 1. The van der Waals surface area contributed by atoms with E-state index in [0.29, 0.717) is 17.4 Å². The van der Waals surface area contributed by atoms with Gasteiger partial charge >= 0.3 is 0 Å². The molecular formula is C20H20N6O. The fourth-order valence-corrected chi connectivity index (χ4v) is 3.38. The fourth-order valence-electron chi connectivity index (χ4n) is 3.38. The smallest absolute Gasteiger partial charge is 0.258 e. The molecule has 1 fully saturated rings. The second-order valence-corrected chi connectivity index (χ2v) is 7.35. The van der Waals surface area contributed by atoms with Crippen molar-refractivity contribution in [2.24, 2.45) is 0 Å². The van der Waals surface area contributed by atoms with Crippen LogP contribution < -0.4 is 5.32 Å². The van der Waals surface area contributed by atoms with Gasteiger partial charge in [0, 0.05) is 17.7 Å². The summed E-state index contributed by atoms with van der Waals surface area (Å²) in [6, 6.07) is 9.77. The minimum absolute atomic E-state index is 0.177. The minimum Gasteiger partial charge on any atom is -0.324 e. The van der Waals surface area contributed by atoms with Gasteiger partial charge in [0.05, 0.1) is 28.2 Å². The summed E-state index contributed by atoms with van der Waals surface area (Å²) < 4.78 is 1.87. The number of fused-ring (bicyclic) bond motifs is 2. The van der Waals surface area contributed by atoms with Gasteiger partial charge in [-0.2, -0.15) is 5.10 Å². The molecule has 1 amide bonds. The molecule has 7 heteroatoms. The number of carbonyl (C=O) groups is 1. The summed E-state index contributed by atoms with van der Waals surface area (Å²) in [7, 11) is 0. The lowest BCUT2D eigenvalue weighted by Crippen LogP contribution is -2.14. The van der Waals surface area contributed by atoms with Crippen LogP contribution in [-0.2, 0) is 0 Å². The van der Waals surface area contributed by atoms with Crippen molar-refractivity contribution in [3.63, 3.8) is 0 Å². The minimum atomic E-state index is -0.202. The van der Waals surface area contributed by atoms with E-state index in [0.717, 1.165) is 40.6 Å². The lowest BCUT2D eigenvalue weighted by Gasteiger charge is -2.10. The van der Waals surface area contributed by atoms with Crippen molar-refractivity contribution in [2.75, 3.05) is 5.32 Å². The van der Waals surface area contributed by atoms with E-state index in [1.165, 1.54) is 0 Å². The topological polar surface area (TPSA) is 88.5 Å². The van der Waals surface area contributed by atoms with E-state index in [1.54, 1.807) is 6.20 Å². The SMILES string of the molecule is CC(C)n1ncc2c(C(=O)Nc3nc4ccccc4[nH]3)cc(C3CC3)nc21. The largest absolute Gasteiger partial charge is 0.324 e. The maximum absolute atomic E-state index is 13.0. The Labute approximate surface area is 155 Å². The second kappa shape index (κ2) is 5.90. The highest BCUT2D eigenvalue weighted by molar-refractivity contribution is 6.11. The standard InChI is InChI=1S/C20H20N6O/c1-11(2)26-18-14(10-21-26)13(9-17(22-18)12-7-8-12)19(27)25-20-23-15-5-3-4-6-16(15)24-20/h3-6,9-12H,7-8H2,1-2H3,(H2,23,24,25,27). The van der Waals surface area contributed by atoms with Crippen molar-refractivity contribution in [1.29, 1.82) is 0 Å². The molecule has 2 N–H and O–H groups in total. The molecule has 0 atom stereocenters. The van der Waals surface area contributed by atoms with E-state index in [9.17, 15) is 4.79 Å². The van der Waals surface area contributed by atoms with Gasteiger partial charge in [0.25, 0.3) is 5.91 Å². The maximum Gasteiger partial charge on any atom is 0.258 e. The Morgan fingerprint density at radius 1 is 1.26 bits per heavy atom. The number of nitrogens with one attached hydrogen (secondary N) is 2. The van der Waals surface area contributed by atoms with Gasteiger partial charge in [-0.15, -0.1) is 0 Å². The Balaban J connectivity index is 1.57. The van der Waals surface area contributed by atoms with Crippen LogP contribution in [0.1, 0.15) is 54.7 Å². The highest BCUT2D eigenvalue weighted by Crippen LogP contribution is 2.40. The number of imidazole rings is 1. The van der Waals surface area contributed by atoms with Crippen LogP contribution in [0.3, 0.4) is 0 Å². The monoisotopic (exact) mass is 360 g/mol. The van der Waals surface area contributed by atoms with Crippen LogP contribution in [0.15, 0.2) is 36.5 Å². The molecule has 0 spiro atoms. The second-order valence-electron chi connectivity index (χ2n) is 7.35. The third-order valence-electron chi connectivity index (χ3n) is 4.94.